The van der Waals surface area contributed by atoms with Crippen molar-refractivity contribution in [3.8, 4) is 0 Å². The number of thiophene rings is 1. The third-order valence-corrected chi connectivity index (χ3v) is 8.91. The molecule has 0 N–H and O–H groups in total. The predicted molar refractivity (Wildman–Crippen MR) is 76.3 cm³/mol. The third-order valence-electron chi connectivity index (χ3n) is 2.92. The van der Waals surface area contributed by atoms with Crippen LogP contribution in [-0.2, 0) is 0 Å². The van der Waals surface area contributed by atoms with Gasteiger partial charge in [-0.15, -0.1) is 34.9 Å². The fourth-order valence-corrected chi connectivity index (χ4v) is 8.09. The summed E-state index contributed by atoms with van der Waals surface area (Å²) in [5.41, 5.74) is 0. The third kappa shape index (κ3) is 2.38. The minimum Gasteiger partial charge on any atom is -0.153 e. The van der Waals surface area contributed by atoms with Gasteiger partial charge in [0.1, 0.15) is 0 Å². The van der Waals surface area contributed by atoms with Gasteiger partial charge in [-0.3, -0.25) is 0 Å². The van der Waals surface area contributed by atoms with Gasteiger partial charge in [-0.05, 0) is 29.5 Å². The first-order valence-corrected chi connectivity index (χ1v) is 9.34. The predicted octanol–water partition coefficient (Wildman–Crippen LogP) is 4.35. The van der Waals surface area contributed by atoms with E-state index in [9.17, 15) is 0 Å². The Labute approximate surface area is 108 Å². The van der Waals surface area contributed by atoms with E-state index in [1.807, 2.05) is 11.3 Å². The maximum Gasteiger partial charge on any atom is 0.0539 e. The van der Waals surface area contributed by atoms with E-state index < -0.39 is 0 Å². The molecule has 2 aliphatic rings. The Morgan fingerprint density at radius 1 is 1.13 bits per heavy atom. The molecular formula is C11H14S4. The Balaban J connectivity index is 1.63. The van der Waals surface area contributed by atoms with Crippen LogP contribution in [0.5, 0.6) is 0 Å². The molecule has 15 heavy (non-hydrogen) atoms. The van der Waals surface area contributed by atoms with Gasteiger partial charge in [-0.2, -0.15) is 11.8 Å². The lowest BCUT2D eigenvalue weighted by Crippen LogP contribution is -2.10. The van der Waals surface area contributed by atoms with Crippen molar-refractivity contribution in [1.82, 2.24) is 0 Å². The summed E-state index contributed by atoms with van der Waals surface area (Å²) in [6.45, 7) is 0. The SMILES string of the molecule is c1csc([C@@H]2C[C@H](C3SCCS3)CS2)c1. The smallest absolute Gasteiger partial charge is 0.0539 e. The number of hydrogen-bond acceptors (Lipinski definition) is 4. The molecule has 0 unspecified atom stereocenters. The van der Waals surface area contributed by atoms with Crippen LogP contribution in [0.2, 0.25) is 0 Å². The molecule has 4 heteroatoms. The maximum absolute atomic E-state index is 2.31. The highest BCUT2D eigenvalue weighted by atomic mass is 32.2. The van der Waals surface area contributed by atoms with E-state index >= 15 is 0 Å². The quantitative estimate of drug-likeness (QED) is 0.787. The van der Waals surface area contributed by atoms with Crippen LogP contribution in [0.1, 0.15) is 16.5 Å². The first kappa shape index (κ1) is 10.9. The van der Waals surface area contributed by atoms with Crippen molar-refractivity contribution >= 4 is 46.6 Å². The van der Waals surface area contributed by atoms with Crippen LogP contribution in [-0.4, -0.2) is 21.8 Å². The molecule has 0 amide bonds. The lowest BCUT2D eigenvalue weighted by molar-refractivity contribution is 0.616. The van der Waals surface area contributed by atoms with E-state index in [4.69, 9.17) is 0 Å². The molecule has 0 aliphatic carbocycles. The summed E-state index contributed by atoms with van der Waals surface area (Å²) >= 11 is 8.49. The molecule has 0 radical (unpaired) electrons. The average molecular weight is 275 g/mol. The van der Waals surface area contributed by atoms with Crippen LogP contribution in [0, 0.1) is 5.92 Å². The van der Waals surface area contributed by atoms with Gasteiger partial charge in [0, 0.05) is 21.6 Å². The van der Waals surface area contributed by atoms with E-state index in [2.05, 4.69) is 52.8 Å². The molecule has 1 aromatic heterocycles. The average Bonchev–Trinajstić information content (AvgIpc) is 3.02. The maximum atomic E-state index is 2.31. The van der Waals surface area contributed by atoms with Crippen molar-refractivity contribution in [1.29, 1.82) is 0 Å². The molecule has 2 aliphatic heterocycles. The van der Waals surface area contributed by atoms with Gasteiger partial charge in [-0.25, -0.2) is 0 Å². The largest absolute Gasteiger partial charge is 0.153 e. The summed E-state index contributed by atoms with van der Waals surface area (Å²) in [6.07, 6.45) is 1.41. The summed E-state index contributed by atoms with van der Waals surface area (Å²) in [4.78, 5) is 1.59. The minimum absolute atomic E-state index is 0.803. The zero-order valence-electron chi connectivity index (χ0n) is 8.43. The summed E-state index contributed by atoms with van der Waals surface area (Å²) in [6, 6.07) is 4.49. The topological polar surface area (TPSA) is 0 Å². The Kier molecular flexibility index (Phi) is 3.58. The number of rotatable bonds is 2. The summed E-state index contributed by atoms with van der Waals surface area (Å²) in [5, 5.41) is 3.01. The summed E-state index contributed by atoms with van der Waals surface area (Å²) in [7, 11) is 0. The standard InChI is InChI=1S/C11H14S4/c1-2-9(12-3-1)10-6-8(7-15-10)11-13-4-5-14-11/h1-3,8,10-11H,4-7H2/t8-,10-/m0/s1. The molecule has 3 rings (SSSR count). The van der Waals surface area contributed by atoms with Crippen molar-refractivity contribution < 1.29 is 0 Å². The molecule has 1 aromatic rings. The summed E-state index contributed by atoms with van der Waals surface area (Å²) < 4.78 is 0.905. The lowest BCUT2D eigenvalue weighted by Gasteiger charge is -2.15. The molecule has 2 fully saturated rings. The van der Waals surface area contributed by atoms with E-state index in [1.54, 1.807) is 4.88 Å². The molecule has 0 bridgehead atoms. The van der Waals surface area contributed by atoms with Crippen LogP contribution >= 0.6 is 46.6 Å². The van der Waals surface area contributed by atoms with E-state index in [0.29, 0.717) is 0 Å². The van der Waals surface area contributed by atoms with Gasteiger partial charge in [0.2, 0.25) is 0 Å². The molecule has 0 spiro atoms. The molecule has 82 valence electrons. The molecule has 0 aromatic carbocycles. The zero-order chi connectivity index (χ0) is 10.1. The Hall–Kier alpha value is 0.750. The molecule has 2 atom stereocenters. The first-order valence-electron chi connectivity index (χ1n) is 5.32. The van der Waals surface area contributed by atoms with E-state index in [1.165, 1.54) is 23.7 Å². The van der Waals surface area contributed by atoms with Crippen molar-refractivity contribution in [2.45, 2.75) is 16.3 Å². The summed E-state index contributed by atoms with van der Waals surface area (Å²) in [5.74, 6) is 5.09. The van der Waals surface area contributed by atoms with Crippen LogP contribution < -0.4 is 0 Å². The van der Waals surface area contributed by atoms with Gasteiger partial charge in [0.25, 0.3) is 0 Å². The van der Waals surface area contributed by atoms with Gasteiger partial charge < -0.3 is 0 Å². The van der Waals surface area contributed by atoms with Gasteiger partial charge in [0.15, 0.2) is 0 Å². The number of hydrogen-bond donors (Lipinski definition) is 0. The molecule has 0 saturated carbocycles. The van der Waals surface area contributed by atoms with Crippen LogP contribution in [0.4, 0.5) is 0 Å². The highest BCUT2D eigenvalue weighted by molar-refractivity contribution is 8.20. The minimum atomic E-state index is 0.803. The fraction of sp³-hybridized carbons (Fsp3) is 0.636. The van der Waals surface area contributed by atoms with Gasteiger partial charge >= 0.3 is 0 Å². The Bertz CT molecular complexity index is 302. The second kappa shape index (κ2) is 4.94. The fourth-order valence-electron chi connectivity index (χ4n) is 2.16. The Morgan fingerprint density at radius 3 is 2.73 bits per heavy atom. The van der Waals surface area contributed by atoms with Crippen molar-refractivity contribution in [2.75, 3.05) is 17.3 Å². The monoisotopic (exact) mass is 274 g/mol. The van der Waals surface area contributed by atoms with Gasteiger partial charge in [-0.1, -0.05) is 6.07 Å². The van der Waals surface area contributed by atoms with Crippen molar-refractivity contribution in [2.24, 2.45) is 5.92 Å². The first-order chi connectivity index (χ1) is 7.43. The normalized spacial score (nSPS) is 32.5. The van der Waals surface area contributed by atoms with E-state index in [-0.39, 0.29) is 0 Å². The highest BCUT2D eigenvalue weighted by Crippen LogP contribution is 2.51. The van der Waals surface area contributed by atoms with Crippen LogP contribution in [0.3, 0.4) is 0 Å². The Morgan fingerprint density at radius 2 is 2.00 bits per heavy atom. The molecule has 3 heterocycles. The van der Waals surface area contributed by atoms with Gasteiger partial charge in [0.05, 0.1) is 4.58 Å². The van der Waals surface area contributed by atoms with Crippen molar-refractivity contribution in [3.63, 3.8) is 0 Å². The molecule has 0 nitrogen and oxygen atoms in total. The van der Waals surface area contributed by atoms with Crippen LogP contribution in [0.25, 0.3) is 0 Å². The zero-order valence-corrected chi connectivity index (χ0v) is 11.7. The lowest BCUT2D eigenvalue weighted by atomic mass is 10.1. The highest BCUT2D eigenvalue weighted by Gasteiger charge is 2.34. The van der Waals surface area contributed by atoms with E-state index in [0.717, 1.165) is 15.7 Å². The number of thioether (sulfide) groups is 3. The molecular weight excluding hydrogens is 260 g/mol. The molecule has 2 saturated heterocycles. The van der Waals surface area contributed by atoms with Crippen molar-refractivity contribution in [3.05, 3.63) is 22.4 Å². The second-order valence-corrected chi connectivity index (χ2v) is 8.96. The van der Waals surface area contributed by atoms with Crippen LogP contribution in [0.15, 0.2) is 17.5 Å². The second-order valence-electron chi connectivity index (χ2n) is 3.94.